The minimum absolute atomic E-state index is 0.305. The van der Waals surface area contributed by atoms with Gasteiger partial charge in [-0.25, -0.2) is 0 Å². The van der Waals surface area contributed by atoms with E-state index in [0.29, 0.717) is 5.91 Å². The molecule has 0 aliphatic rings. The van der Waals surface area contributed by atoms with Crippen LogP contribution < -0.4 is 5.32 Å². The molecule has 0 aliphatic carbocycles. The molecule has 0 aromatic rings. The minimum Gasteiger partial charge on any atom is -0.346 e. The fourth-order valence-electron chi connectivity index (χ4n) is 2.04. The van der Waals surface area contributed by atoms with E-state index in [4.69, 9.17) is 0 Å². The van der Waals surface area contributed by atoms with E-state index in [2.05, 4.69) is 12.2 Å². The van der Waals surface area contributed by atoms with Crippen LogP contribution in [0.3, 0.4) is 0 Å². The van der Waals surface area contributed by atoms with Crippen LogP contribution in [0, 0.1) is 0 Å². The number of nitrogens with one attached hydrogen (secondary N) is 1. The van der Waals surface area contributed by atoms with Gasteiger partial charge >= 0.3 is 0 Å². The molecule has 18 heavy (non-hydrogen) atoms. The van der Waals surface area contributed by atoms with E-state index >= 15 is 0 Å². The third-order valence-electron chi connectivity index (χ3n) is 3.34. The highest BCUT2D eigenvalue weighted by molar-refractivity contribution is 5.75. The predicted octanol–water partition coefficient (Wildman–Crippen LogP) is 3.20. The van der Waals surface area contributed by atoms with Crippen LogP contribution in [-0.4, -0.2) is 38.0 Å². The van der Waals surface area contributed by atoms with Gasteiger partial charge in [0.25, 0.3) is 0 Å². The maximum absolute atomic E-state index is 11.8. The van der Waals surface area contributed by atoms with Crippen LogP contribution in [0.4, 0.5) is 0 Å². The van der Waals surface area contributed by atoms with Crippen molar-refractivity contribution < 1.29 is 4.79 Å². The zero-order valence-corrected chi connectivity index (χ0v) is 12.6. The van der Waals surface area contributed by atoms with Crippen molar-refractivity contribution in [2.45, 2.75) is 64.7 Å². The molecule has 0 atom stereocenters. The first-order valence-electron chi connectivity index (χ1n) is 7.61. The summed E-state index contributed by atoms with van der Waals surface area (Å²) in [6, 6.07) is 0. The molecule has 0 aliphatic heterocycles. The Morgan fingerprint density at radius 1 is 1.00 bits per heavy atom. The highest BCUT2D eigenvalue weighted by atomic mass is 16.2. The molecule has 0 spiro atoms. The van der Waals surface area contributed by atoms with Crippen LogP contribution in [0.5, 0.6) is 0 Å². The second-order valence-corrected chi connectivity index (χ2v) is 5.14. The number of amides is 1. The number of unbranched alkanes of at least 4 members (excludes halogenated alkanes) is 6. The SMILES string of the molecule is CCCCCCCCCC(=O)N(C)CCCNC. The van der Waals surface area contributed by atoms with Gasteiger partial charge in [-0.05, 0) is 26.4 Å². The van der Waals surface area contributed by atoms with Gasteiger partial charge in [-0.1, -0.05) is 45.4 Å². The quantitative estimate of drug-likeness (QED) is 0.544. The normalized spacial score (nSPS) is 10.6. The van der Waals surface area contributed by atoms with Gasteiger partial charge in [-0.3, -0.25) is 4.79 Å². The lowest BCUT2D eigenvalue weighted by Gasteiger charge is -2.16. The Hall–Kier alpha value is -0.570. The Kier molecular flexibility index (Phi) is 12.5. The molecule has 0 saturated heterocycles. The summed E-state index contributed by atoms with van der Waals surface area (Å²) < 4.78 is 0. The lowest BCUT2D eigenvalue weighted by Crippen LogP contribution is -2.29. The Morgan fingerprint density at radius 2 is 1.61 bits per heavy atom. The van der Waals surface area contributed by atoms with Crippen molar-refractivity contribution in [3.63, 3.8) is 0 Å². The van der Waals surface area contributed by atoms with Crippen molar-refractivity contribution in [2.24, 2.45) is 0 Å². The van der Waals surface area contributed by atoms with Crippen LogP contribution >= 0.6 is 0 Å². The van der Waals surface area contributed by atoms with Crippen LogP contribution in [0.2, 0.25) is 0 Å². The number of nitrogens with zero attached hydrogens (tertiary/aromatic N) is 1. The molecule has 0 aromatic heterocycles. The summed E-state index contributed by atoms with van der Waals surface area (Å²) in [4.78, 5) is 13.6. The minimum atomic E-state index is 0.305. The van der Waals surface area contributed by atoms with E-state index in [1.807, 2.05) is 19.0 Å². The summed E-state index contributed by atoms with van der Waals surface area (Å²) >= 11 is 0. The van der Waals surface area contributed by atoms with Crippen molar-refractivity contribution in [2.75, 3.05) is 27.2 Å². The van der Waals surface area contributed by atoms with E-state index in [9.17, 15) is 4.79 Å². The Bertz CT molecular complexity index is 195. The maximum Gasteiger partial charge on any atom is 0.222 e. The van der Waals surface area contributed by atoms with Crippen LogP contribution in [0.15, 0.2) is 0 Å². The zero-order chi connectivity index (χ0) is 13.6. The molecule has 3 nitrogen and oxygen atoms in total. The average Bonchev–Trinajstić information content (AvgIpc) is 2.37. The number of carbonyl (C=O) groups excluding carboxylic acids is 1. The molecule has 0 aromatic carbocycles. The first-order chi connectivity index (χ1) is 8.72. The molecule has 108 valence electrons. The topological polar surface area (TPSA) is 32.3 Å². The predicted molar refractivity (Wildman–Crippen MR) is 78.8 cm³/mol. The van der Waals surface area contributed by atoms with Crippen molar-refractivity contribution in [1.82, 2.24) is 10.2 Å². The molecular formula is C15H32N2O. The van der Waals surface area contributed by atoms with E-state index < -0.39 is 0 Å². The number of rotatable bonds is 12. The molecule has 0 unspecified atom stereocenters. The summed E-state index contributed by atoms with van der Waals surface area (Å²) in [7, 11) is 3.86. The van der Waals surface area contributed by atoms with Gasteiger partial charge < -0.3 is 10.2 Å². The highest BCUT2D eigenvalue weighted by Crippen LogP contribution is 2.09. The van der Waals surface area contributed by atoms with Gasteiger partial charge in [0.15, 0.2) is 0 Å². The van der Waals surface area contributed by atoms with E-state index in [1.165, 1.54) is 38.5 Å². The summed E-state index contributed by atoms with van der Waals surface area (Å²) in [5.41, 5.74) is 0. The summed E-state index contributed by atoms with van der Waals surface area (Å²) in [5, 5.41) is 3.10. The first-order valence-corrected chi connectivity index (χ1v) is 7.61. The van der Waals surface area contributed by atoms with Crippen molar-refractivity contribution >= 4 is 5.91 Å². The van der Waals surface area contributed by atoms with Crippen molar-refractivity contribution in [3.8, 4) is 0 Å². The van der Waals surface area contributed by atoms with Gasteiger partial charge in [-0.2, -0.15) is 0 Å². The summed E-state index contributed by atoms with van der Waals surface area (Å²) in [5.74, 6) is 0.305. The second kappa shape index (κ2) is 12.9. The molecule has 1 N–H and O–H groups in total. The second-order valence-electron chi connectivity index (χ2n) is 5.14. The van der Waals surface area contributed by atoms with Gasteiger partial charge in [0.05, 0.1) is 0 Å². The third kappa shape index (κ3) is 10.6. The van der Waals surface area contributed by atoms with Gasteiger partial charge in [0, 0.05) is 20.0 Å². The molecule has 0 fully saturated rings. The first kappa shape index (κ1) is 17.4. The van der Waals surface area contributed by atoms with Gasteiger partial charge in [0.2, 0.25) is 5.91 Å². The molecule has 0 rings (SSSR count). The molecule has 0 heterocycles. The summed E-state index contributed by atoms with van der Waals surface area (Å²) in [6.45, 7) is 4.09. The monoisotopic (exact) mass is 256 g/mol. The van der Waals surface area contributed by atoms with Gasteiger partial charge in [-0.15, -0.1) is 0 Å². The Labute approximate surface area is 113 Å². The number of hydrogen-bond acceptors (Lipinski definition) is 2. The van der Waals surface area contributed by atoms with Crippen LogP contribution in [-0.2, 0) is 4.79 Å². The largest absolute Gasteiger partial charge is 0.346 e. The fraction of sp³-hybridized carbons (Fsp3) is 0.933. The number of hydrogen-bond donors (Lipinski definition) is 1. The zero-order valence-electron chi connectivity index (χ0n) is 12.6. The summed E-state index contributed by atoms with van der Waals surface area (Å²) in [6.07, 6.45) is 10.7. The molecule has 0 bridgehead atoms. The van der Waals surface area contributed by atoms with E-state index in [1.54, 1.807) is 0 Å². The molecule has 0 radical (unpaired) electrons. The van der Waals surface area contributed by atoms with E-state index in [-0.39, 0.29) is 0 Å². The molecule has 1 amide bonds. The molecule has 3 heteroatoms. The highest BCUT2D eigenvalue weighted by Gasteiger charge is 2.07. The van der Waals surface area contributed by atoms with Crippen LogP contribution in [0.1, 0.15) is 64.7 Å². The lowest BCUT2D eigenvalue weighted by atomic mass is 10.1. The van der Waals surface area contributed by atoms with Gasteiger partial charge in [0.1, 0.15) is 0 Å². The fourth-order valence-corrected chi connectivity index (χ4v) is 2.04. The average molecular weight is 256 g/mol. The van der Waals surface area contributed by atoms with Crippen molar-refractivity contribution in [1.29, 1.82) is 0 Å². The number of carbonyl (C=O) groups is 1. The standard InChI is InChI=1S/C15H32N2O/c1-4-5-6-7-8-9-10-12-15(18)17(3)14-11-13-16-2/h16H,4-14H2,1-3H3. The van der Waals surface area contributed by atoms with Crippen molar-refractivity contribution in [3.05, 3.63) is 0 Å². The van der Waals surface area contributed by atoms with E-state index in [0.717, 1.165) is 32.4 Å². The smallest absolute Gasteiger partial charge is 0.222 e. The molecular weight excluding hydrogens is 224 g/mol. The maximum atomic E-state index is 11.8. The Morgan fingerprint density at radius 3 is 2.22 bits per heavy atom. The third-order valence-corrected chi connectivity index (χ3v) is 3.34. The Balaban J connectivity index is 3.35. The van der Waals surface area contributed by atoms with Crippen LogP contribution in [0.25, 0.3) is 0 Å². The molecule has 0 saturated carbocycles. The lowest BCUT2D eigenvalue weighted by molar-refractivity contribution is -0.130.